The van der Waals surface area contributed by atoms with Crippen LogP contribution in [-0.2, 0) is 14.6 Å². The fraction of sp³-hybridized carbons (Fsp3) is 0.478. The molecule has 1 saturated carbocycles. The van der Waals surface area contributed by atoms with Crippen molar-refractivity contribution in [3.8, 4) is 0 Å². The summed E-state index contributed by atoms with van der Waals surface area (Å²) in [5.41, 5.74) is 2.22. The average Bonchev–Trinajstić information content (AvgIpc) is 3.22. The zero-order valence-electron chi connectivity index (χ0n) is 17.6. The number of piperidine rings is 1. The number of sulfone groups is 1. The molecule has 2 aromatic carbocycles. The number of fused-ring (bicyclic) bond motifs is 1. The first-order valence-corrected chi connectivity index (χ1v) is 12.7. The van der Waals surface area contributed by atoms with Crippen LogP contribution in [0.3, 0.4) is 0 Å². The number of hydrogen-bond acceptors (Lipinski definition) is 6. The van der Waals surface area contributed by atoms with E-state index in [9.17, 15) is 12.8 Å². The molecule has 31 heavy (non-hydrogen) atoms. The van der Waals surface area contributed by atoms with E-state index >= 15 is 0 Å². The number of benzene rings is 2. The minimum atomic E-state index is -3.35. The highest BCUT2D eigenvalue weighted by Gasteiger charge is 2.61. The molecule has 2 heterocycles. The van der Waals surface area contributed by atoms with Gasteiger partial charge in [0.2, 0.25) is 0 Å². The van der Waals surface area contributed by atoms with Crippen LogP contribution in [0.5, 0.6) is 0 Å². The first kappa shape index (κ1) is 20.6. The van der Waals surface area contributed by atoms with Crippen molar-refractivity contribution in [2.75, 3.05) is 60.8 Å². The van der Waals surface area contributed by atoms with Gasteiger partial charge in [-0.3, -0.25) is 0 Å². The number of nitrogens with zero attached hydrogens (tertiary/aromatic N) is 2. The lowest BCUT2D eigenvalue weighted by atomic mass is 10.2. The van der Waals surface area contributed by atoms with E-state index in [4.69, 9.17) is 4.74 Å². The third kappa shape index (κ3) is 4.11. The number of ether oxygens (including phenoxy) is 1. The molecule has 1 N–H and O–H groups in total. The van der Waals surface area contributed by atoms with Gasteiger partial charge in [-0.1, -0.05) is 18.2 Å². The predicted molar refractivity (Wildman–Crippen MR) is 121 cm³/mol. The van der Waals surface area contributed by atoms with E-state index in [1.54, 1.807) is 12.1 Å². The first-order chi connectivity index (χ1) is 14.9. The fourth-order valence-electron chi connectivity index (χ4n) is 5.18. The molecule has 2 saturated heterocycles. The van der Waals surface area contributed by atoms with E-state index in [1.165, 1.54) is 18.0 Å². The summed E-state index contributed by atoms with van der Waals surface area (Å²) in [7, 11) is -3.35. The van der Waals surface area contributed by atoms with Gasteiger partial charge in [0.05, 0.1) is 18.9 Å². The molecule has 3 atom stereocenters. The quantitative estimate of drug-likeness (QED) is 0.738. The molecule has 2 aliphatic heterocycles. The Morgan fingerprint density at radius 1 is 1.03 bits per heavy atom. The van der Waals surface area contributed by atoms with E-state index in [0.717, 1.165) is 13.1 Å². The summed E-state index contributed by atoms with van der Waals surface area (Å²) in [5.74, 6) is 0.386. The molecule has 8 heteroatoms. The molecule has 0 spiro atoms. The maximum atomic E-state index is 14.8. The molecule has 2 aromatic rings. The summed E-state index contributed by atoms with van der Waals surface area (Å²) in [6, 6.07) is 15.1. The molecule has 3 aliphatic rings. The van der Waals surface area contributed by atoms with Crippen LogP contribution in [-0.4, -0.2) is 59.4 Å². The molecule has 0 amide bonds. The highest BCUT2D eigenvalue weighted by molar-refractivity contribution is 7.91. The van der Waals surface area contributed by atoms with Gasteiger partial charge >= 0.3 is 0 Å². The van der Waals surface area contributed by atoms with Crippen molar-refractivity contribution in [1.29, 1.82) is 0 Å². The van der Waals surface area contributed by atoms with Crippen LogP contribution in [0, 0.1) is 23.6 Å². The molecule has 6 nitrogen and oxygen atoms in total. The van der Waals surface area contributed by atoms with Gasteiger partial charge in [-0.25, -0.2) is 12.8 Å². The predicted octanol–water partition coefficient (Wildman–Crippen LogP) is 2.83. The lowest BCUT2D eigenvalue weighted by Crippen LogP contribution is -2.37. The second kappa shape index (κ2) is 7.98. The van der Waals surface area contributed by atoms with Crippen molar-refractivity contribution in [3.05, 3.63) is 54.3 Å². The Morgan fingerprint density at radius 3 is 2.32 bits per heavy atom. The van der Waals surface area contributed by atoms with Gasteiger partial charge in [0, 0.05) is 49.7 Å². The standard InChI is InChI=1S/C23H28FN3O3S/c1-31(28,29)23(22-18-14-27(15-19(18)22)17-5-3-2-4-6-17)25-16-7-8-21(20(24)13-16)26-9-11-30-12-10-26/h2-8,13,18-19,22-23,25H,9-12,14-15H2,1H3. The topological polar surface area (TPSA) is 61.9 Å². The maximum absolute atomic E-state index is 14.8. The highest BCUT2D eigenvalue weighted by Crippen LogP contribution is 2.55. The molecular weight excluding hydrogens is 417 g/mol. The van der Waals surface area contributed by atoms with Gasteiger partial charge < -0.3 is 19.9 Å². The largest absolute Gasteiger partial charge is 0.378 e. The van der Waals surface area contributed by atoms with E-state index in [0.29, 0.717) is 49.5 Å². The summed E-state index contributed by atoms with van der Waals surface area (Å²) in [5, 5.41) is 2.45. The maximum Gasteiger partial charge on any atom is 0.168 e. The van der Waals surface area contributed by atoms with Gasteiger partial charge in [-0.15, -0.1) is 0 Å². The molecule has 5 rings (SSSR count). The lowest BCUT2D eigenvalue weighted by molar-refractivity contribution is 0.122. The molecule has 1 aliphatic carbocycles. The van der Waals surface area contributed by atoms with E-state index in [1.807, 2.05) is 23.1 Å². The van der Waals surface area contributed by atoms with Gasteiger partial charge in [0.25, 0.3) is 0 Å². The van der Waals surface area contributed by atoms with Crippen LogP contribution in [0.25, 0.3) is 0 Å². The van der Waals surface area contributed by atoms with Crippen LogP contribution in [0.4, 0.5) is 21.5 Å². The zero-order valence-corrected chi connectivity index (χ0v) is 18.4. The van der Waals surface area contributed by atoms with Crippen molar-refractivity contribution >= 4 is 26.9 Å². The number of anilines is 3. The molecule has 166 valence electrons. The van der Waals surface area contributed by atoms with Crippen LogP contribution in [0.1, 0.15) is 0 Å². The minimum absolute atomic E-state index is 0.0527. The van der Waals surface area contributed by atoms with Crippen molar-refractivity contribution in [2.45, 2.75) is 5.37 Å². The summed E-state index contributed by atoms with van der Waals surface area (Å²) >= 11 is 0. The second-order valence-electron chi connectivity index (χ2n) is 8.81. The number of morpholine rings is 1. The van der Waals surface area contributed by atoms with E-state index in [2.05, 4.69) is 22.3 Å². The Hall–Kier alpha value is -2.32. The smallest absolute Gasteiger partial charge is 0.168 e. The van der Waals surface area contributed by atoms with Crippen molar-refractivity contribution in [1.82, 2.24) is 0 Å². The fourth-order valence-corrected chi connectivity index (χ4v) is 6.51. The van der Waals surface area contributed by atoms with E-state index in [-0.39, 0.29) is 11.7 Å². The number of halogens is 1. The Balaban J connectivity index is 1.29. The van der Waals surface area contributed by atoms with Crippen molar-refractivity contribution in [2.24, 2.45) is 17.8 Å². The second-order valence-corrected chi connectivity index (χ2v) is 11.0. The SMILES string of the molecule is CS(=O)(=O)C(Nc1ccc(N2CCOCC2)c(F)c1)C1C2CN(c3ccccc3)CC21. The normalized spacial score (nSPS) is 26.5. The molecule has 3 fully saturated rings. The minimum Gasteiger partial charge on any atom is -0.378 e. The van der Waals surface area contributed by atoms with E-state index < -0.39 is 15.2 Å². The summed E-state index contributed by atoms with van der Waals surface area (Å²) in [4.78, 5) is 4.28. The Morgan fingerprint density at radius 2 is 1.71 bits per heavy atom. The number of para-hydroxylation sites is 1. The highest BCUT2D eigenvalue weighted by atomic mass is 32.2. The van der Waals surface area contributed by atoms with Gasteiger partial charge in [-0.05, 0) is 42.2 Å². The molecule has 0 aromatic heterocycles. The number of rotatable bonds is 6. The van der Waals surface area contributed by atoms with Crippen molar-refractivity contribution in [3.63, 3.8) is 0 Å². The molecular formula is C23H28FN3O3S. The van der Waals surface area contributed by atoms with Crippen LogP contribution in [0.15, 0.2) is 48.5 Å². The summed E-state index contributed by atoms with van der Waals surface area (Å²) < 4.78 is 45.3. The van der Waals surface area contributed by atoms with Crippen molar-refractivity contribution < 1.29 is 17.5 Å². The molecule has 3 unspecified atom stereocenters. The van der Waals surface area contributed by atoms with Gasteiger partial charge in [0.15, 0.2) is 9.84 Å². The Bertz CT molecular complexity index is 1030. The average molecular weight is 446 g/mol. The van der Waals surface area contributed by atoms with Gasteiger partial charge in [-0.2, -0.15) is 0 Å². The monoisotopic (exact) mass is 445 g/mol. The number of hydrogen-bond donors (Lipinski definition) is 1. The summed E-state index contributed by atoms with van der Waals surface area (Å²) in [6.07, 6.45) is 1.27. The lowest BCUT2D eigenvalue weighted by Gasteiger charge is -2.29. The first-order valence-electron chi connectivity index (χ1n) is 10.8. The van der Waals surface area contributed by atoms with Crippen LogP contribution < -0.4 is 15.1 Å². The number of nitrogens with one attached hydrogen (secondary N) is 1. The zero-order chi connectivity index (χ0) is 21.6. The Kier molecular flexibility index (Phi) is 5.30. The molecule has 0 radical (unpaired) electrons. The molecule has 0 bridgehead atoms. The Labute approximate surface area is 182 Å². The van der Waals surface area contributed by atoms with Crippen LogP contribution >= 0.6 is 0 Å². The third-order valence-corrected chi connectivity index (χ3v) is 8.16. The summed E-state index contributed by atoms with van der Waals surface area (Å²) in [6.45, 7) is 4.19. The van der Waals surface area contributed by atoms with Crippen LogP contribution in [0.2, 0.25) is 0 Å². The van der Waals surface area contributed by atoms with Gasteiger partial charge in [0.1, 0.15) is 11.2 Å². The third-order valence-electron chi connectivity index (χ3n) is 6.80.